The number of rotatable bonds is 5. The van der Waals surface area contributed by atoms with Crippen LogP contribution in [0.3, 0.4) is 0 Å². The highest BCUT2D eigenvalue weighted by atomic mass is 32.1. The number of imide groups is 1. The van der Waals surface area contributed by atoms with Gasteiger partial charge in [0.15, 0.2) is 6.61 Å². The van der Waals surface area contributed by atoms with E-state index in [1.54, 1.807) is 25.7 Å². The van der Waals surface area contributed by atoms with E-state index in [0.717, 1.165) is 10.4 Å². The number of aryl methyl sites for hydroxylation is 1. The van der Waals surface area contributed by atoms with Gasteiger partial charge in [-0.15, -0.1) is 11.3 Å². The van der Waals surface area contributed by atoms with E-state index in [0.29, 0.717) is 5.69 Å². The quantitative estimate of drug-likeness (QED) is 0.670. The van der Waals surface area contributed by atoms with Crippen molar-refractivity contribution in [2.24, 2.45) is 5.92 Å². The van der Waals surface area contributed by atoms with Gasteiger partial charge in [0.2, 0.25) is 5.91 Å². The summed E-state index contributed by atoms with van der Waals surface area (Å²) < 4.78 is 5.19. The molecule has 0 saturated carbocycles. The molecule has 32 heavy (non-hydrogen) atoms. The molecule has 4 amide bonds. The lowest BCUT2D eigenvalue weighted by Gasteiger charge is -2.27. The number of carbonyl (C=O) groups excluding carboxylic acids is 4. The van der Waals surface area contributed by atoms with Crippen molar-refractivity contribution in [2.45, 2.75) is 45.7 Å². The number of esters is 1. The van der Waals surface area contributed by atoms with Crippen LogP contribution in [-0.4, -0.2) is 36.0 Å². The van der Waals surface area contributed by atoms with E-state index in [2.05, 4.69) is 10.6 Å². The summed E-state index contributed by atoms with van der Waals surface area (Å²) in [5, 5.41) is 6.60. The number of nitrogens with one attached hydrogen (secondary N) is 2. The summed E-state index contributed by atoms with van der Waals surface area (Å²) in [6.45, 7) is 6.68. The van der Waals surface area contributed by atoms with Crippen LogP contribution in [0.2, 0.25) is 0 Å². The molecule has 170 valence electrons. The Bertz CT molecular complexity index is 996. The molecule has 0 bridgehead atoms. The predicted molar refractivity (Wildman–Crippen MR) is 121 cm³/mol. The van der Waals surface area contributed by atoms with E-state index in [4.69, 9.17) is 4.74 Å². The number of hydrogen-bond donors (Lipinski definition) is 2. The van der Waals surface area contributed by atoms with Gasteiger partial charge in [0.25, 0.3) is 5.91 Å². The fraction of sp³-hybridized carbons (Fsp3) is 0.391. The molecular formula is C23H27N3O5S. The molecule has 1 aromatic carbocycles. The fourth-order valence-corrected chi connectivity index (χ4v) is 4.40. The van der Waals surface area contributed by atoms with Crippen LogP contribution < -0.4 is 15.5 Å². The minimum absolute atomic E-state index is 0.0264. The van der Waals surface area contributed by atoms with E-state index in [-0.39, 0.29) is 12.3 Å². The topological polar surface area (TPSA) is 105 Å². The van der Waals surface area contributed by atoms with Crippen molar-refractivity contribution in [1.82, 2.24) is 10.6 Å². The van der Waals surface area contributed by atoms with Gasteiger partial charge in [-0.2, -0.15) is 0 Å². The van der Waals surface area contributed by atoms with E-state index < -0.39 is 42.0 Å². The highest BCUT2D eigenvalue weighted by molar-refractivity contribution is 7.10. The first-order chi connectivity index (χ1) is 15.0. The van der Waals surface area contributed by atoms with Crippen LogP contribution >= 0.6 is 11.3 Å². The second-order valence-electron chi connectivity index (χ2n) is 8.73. The van der Waals surface area contributed by atoms with Crippen molar-refractivity contribution in [3.8, 4) is 0 Å². The lowest BCUT2D eigenvalue weighted by Crippen LogP contribution is -2.49. The second-order valence-corrected chi connectivity index (χ2v) is 9.71. The Hall–Kier alpha value is -3.20. The number of thiophene rings is 1. The molecule has 2 aromatic rings. The third-order valence-electron chi connectivity index (χ3n) is 4.86. The van der Waals surface area contributed by atoms with E-state index in [1.165, 1.54) is 11.3 Å². The molecule has 1 saturated heterocycles. The van der Waals surface area contributed by atoms with Crippen LogP contribution in [-0.2, 0) is 19.1 Å². The van der Waals surface area contributed by atoms with Crippen molar-refractivity contribution in [2.75, 3.05) is 11.5 Å². The Labute approximate surface area is 190 Å². The minimum atomic E-state index is -0.765. The maximum atomic E-state index is 12.9. The van der Waals surface area contributed by atoms with Crippen LogP contribution in [0.1, 0.15) is 43.7 Å². The molecule has 0 aliphatic carbocycles. The van der Waals surface area contributed by atoms with E-state index in [9.17, 15) is 19.2 Å². The third kappa shape index (κ3) is 5.73. The number of carbonyl (C=O) groups is 4. The molecule has 2 atom stereocenters. The Morgan fingerprint density at radius 3 is 2.44 bits per heavy atom. The Morgan fingerprint density at radius 1 is 1.16 bits per heavy atom. The molecule has 3 rings (SSSR count). The SMILES string of the molecule is Cc1ccc(N2C(=O)C[C@H](C(=O)OCC(=O)NC(=O)NC(C)(C)C)[C@H]2c2cccs2)cc1. The molecule has 0 spiro atoms. The molecule has 1 fully saturated rings. The number of nitrogens with zero attached hydrogens (tertiary/aromatic N) is 1. The second kappa shape index (κ2) is 9.52. The zero-order chi connectivity index (χ0) is 23.5. The summed E-state index contributed by atoms with van der Waals surface area (Å²) in [5.74, 6) is -2.35. The van der Waals surface area contributed by atoms with Gasteiger partial charge >= 0.3 is 12.0 Å². The van der Waals surface area contributed by atoms with E-state index >= 15 is 0 Å². The lowest BCUT2D eigenvalue weighted by atomic mass is 9.99. The Balaban J connectivity index is 1.71. The average molecular weight is 458 g/mol. The summed E-state index contributed by atoms with van der Waals surface area (Å²) in [6, 6.07) is 10.1. The predicted octanol–water partition coefficient (Wildman–Crippen LogP) is 3.32. The zero-order valence-electron chi connectivity index (χ0n) is 18.5. The molecule has 1 aliphatic rings. The number of anilines is 1. The number of amides is 4. The van der Waals surface area contributed by atoms with Crippen molar-refractivity contribution < 1.29 is 23.9 Å². The summed E-state index contributed by atoms with van der Waals surface area (Å²) in [6.07, 6.45) is -0.0264. The summed E-state index contributed by atoms with van der Waals surface area (Å²) >= 11 is 1.45. The largest absolute Gasteiger partial charge is 0.455 e. The fourth-order valence-electron chi connectivity index (χ4n) is 3.52. The lowest BCUT2D eigenvalue weighted by molar-refractivity contribution is -0.152. The number of ether oxygens (including phenoxy) is 1. The molecule has 1 aliphatic heterocycles. The number of benzene rings is 1. The smallest absolute Gasteiger partial charge is 0.321 e. The Morgan fingerprint density at radius 2 is 1.84 bits per heavy atom. The molecule has 9 heteroatoms. The normalized spacial score (nSPS) is 18.4. The van der Waals surface area contributed by atoms with Crippen LogP contribution in [0.5, 0.6) is 0 Å². The van der Waals surface area contributed by atoms with Gasteiger partial charge in [-0.25, -0.2) is 4.79 Å². The van der Waals surface area contributed by atoms with Crippen LogP contribution in [0.15, 0.2) is 41.8 Å². The van der Waals surface area contributed by atoms with Gasteiger partial charge in [-0.05, 0) is 51.3 Å². The van der Waals surface area contributed by atoms with Crippen molar-refractivity contribution in [1.29, 1.82) is 0 Å². The standard InChI is InChI=1S/C23H27N3O5S/c1-14-7-9-15(10-8-14)26-19(28)12-16(20(26)17-6-5-11-32-17)21(29)31-13-18(27)24-22(30)25-23(2,3)4/h5-11,16,20H,12-13H2,1-4H3,(H2,24,25,27,30)/t16-,20-/m0/s1. The Kier molecular flexibility index (Phi) is 6.98. The van der Waals surface area contributed by atoms with Gasteiger partial charge in [0, 0.05) is 22.5 Å². The highest BCUT2D eigenvalue weighted by Gasteiger charge is 2.46. The molecule has 0 unspecified atom stereocenters. The first-order valence-electron chi connectivity index (χ1n) is 10.3. The van der Waals surface area contributed by atoms with Crippen molar-refractivity contribution in [3.63, 3.8) is 0 Å². The van der Waals surface area contributed by atoms with Crippen molar-refractivity contribution in [3.05, 3.63) is 52.2 Å². The van der Waals surface area contributed by atoms with E-state index in [1.807, 2.05) is 48.7 Å². The van der Waals surface area contributed by atoms with Crippen LogP contribution in [0.4, 0.5) is 10.5 Å². The van der Waals surface area contributed by atoms with Gasteiger partial charge in [0.1, 0.15) is 0 Å². The monoisotopic (exact) mass is 457 g/mol. The third-order valence-corrected chi connectivity index (χ3v) is 5.80. The maximum Gasteiger partial charge on any atom is 0.321 e. The van der Waals surface area contributed by atoms with Gasteiger partial charge in [0.05, 0.1) is 12.0 Å². The maximum absolute atomic E-state index is 12.9. The first-order valence-corrected chi connectivity index (χ1v) is 11.1. The van der Waals surface area contributed by atoms with Crippen LogP contribution in [0, 0.1) is 12.8 Å². The molecule has 1 aromatic heterocycles. The molecular weight excluding hydrogens is 430 g/mol. The van der Waals surface area contributed by atoms with Crippen molar-refractivity contribution >= 4 is 40.8 Å². The average Bonchev–Trinajstić information content (AvgIpc) is 3.33. The number of urea groups is 1. The summed E-state index contributed by atoms with van der Waals surface area (Å²) in [7, 11) is 0. The molecule has 8 nitrogen and oxygen atoms in total. The summed E-state index contributed by atoms with van der Waals surface area (Å²) in [5.41, 5.74) is 1.25. The zero-order valence-corrected chi connectivity index (χ0v) is 19.3. The number of hydrogen-bond acceptors (Lipinski definition) is 6. The molecule has 0 radical (unpaired) electrons. The van der Waals surface area contributed by atoms with Crippen LogP contribution in [0.25, 0.3) is 0 Å². The first kappa shape index (κ1) is 23.5. The molecule has 2 heterocycles. The minimum Gasteiger partial charge on any atom is -0.455 e. The van der Waals surface area contributed by atoms with Gasteiger partial charge in [-0.3, -0.25) is 19.7 Å². The van der Waals surface area contributed by atoms with Gasteiger partial charge in [-0.1, -0.05) is 23.8 Å². The summed E-state index contributed by atoms with van der Waals surface area (Å²) in [4.78, 5) is 52.1. The highest BCUT2D eigenvalue weighted by Crippen LogP contribution is 2.43. The van der Waals surface area contributed by atoms with Gasteiger partial charge < -0.3 is 15.0 Å². The molecule has 2 N–H and O–H groups in total.